The number of benzene rings is 5. The number of aromatic amines is 1. The minimum absolute atomic E-state index is 0.0468. The van der Waals surface area contributed by atoms with Gasteiger partial charge in [0, 0.05) is 112 Å². The van der Waals surface area contributed by atoms with Gasteiger partial charge in [-0.15, -0.1) is 0 Å². The van der Waals surface area contributed by atoms with E-state index in [4.69, 9.17) is 27.4 Å². The molecule has 2 amide bonds. The van der Waals surface area contributed by atoms with Crippen LogP contribution in [0.15, 0.2) is 116 Å². The van der Waals surface area contributed by atoms with Crippen LogP contribution in [0.3, 0.4) is 0 Å². The third-order valence-electron chi connectivity index (χ3n) is 12.7. The molecule has 1 atom stereocenters. The number of rotatable bonds is 13. The summed E-state index contributed by atoms with van der Waals surface area (Å²) in [6.07, 6.45) is 7.57. The van der Waals surface area contributed by atoms with E-state index >= 15 is 0 Å². The Morgan fingerprint density at radius 3 is 2.36 bits per heavy atom. The van der Waals surface area contributed by atoms with Crippen molar-refractivity contribution in [1.82, 2.24) is 29.5 Å². The molecule has 5 aromatic carbocycles. The van der Waals surface area contributed by atoms with Crippen molar-refractivity contribution < 1.29 is 38.3 Å². The maximum absolute atomic E-state index is 13.6. The molecule has 15 nitrogen and oxygen atoms in total. The number of nitrogens with one attached hydrogen (secondary N) is 3. The second-order valence-corrected chi connectivity index (χ2v) is 18.9. The number of thiocarbonyl (C=S) groups is 1. The van der Waals surface area contributed by atoms with Crippen molar-refractivity contribution in [3.8, 4) is 34.1 Å². The molecule has 340 valence electrons. The van der Waals surface area contributed by atoms with Gasteiger partial charge >= 0.3 is 5.97 Å². The Morgan fingerprint density at radius 2 is 1.64 bits per heavy atom. The number of aromatic hydroxyl groups is 2. The van der Waals surface area contributed by atoms with Crippen molar-refractivity contribution in [2.24, 2.45) is 5.73 Å². The summed E-state index contributed by atoms with van der Waals surface area (Å²) in [4.78, 5) is 46.9. The van der Waals surface area contributed by atoms with Gasteiger partial charge in [-0.1, -0.05) is 48.6 Å². The van der Waals surface area contributed by atoms with Crippen LogP contribution in [0.5, 0.6) is 23.0 Å². The lowest BCUT2D eigenvalue weighted by Gasteiger charge is -2.36. The highest BCUT2D eigenvalue weighted by Crippen LogP contribution is 2.57. The first-order valence-corrected chi connectivity index (χ1v) is 23.6. The number of nitrogens with two attached hydrogens (primary N) is 1. The highest BCUT2D eigenvalue weighted by atomic mass is 32.2. The lowest BCUT2D eigenvalue weighted by molar-refractivity contribution is -0.120. The fraction of sp³-hybridized carbons (Fsp3) is 0.220. The Bertz CT molecular complexity index is 3090. The fourth-order valence-electron chi connectivity index (χ4n) is 9.40. The van der Waals surface area contributed by atoms with Gasteiger partial charge in [-0.05, 0) is 78.9 Å². The first-order valence-electron chi connectivity index (χ1n) is 21.9. The number of esters is 1. The van der Waals surface area contributed by atoms with Crippen molar-refractivity contribution in [1.29, 1.82) is 0 Å². The number of aromatic nitrogens is 3. The van der Waals surface area contributed by atoms with Gasteiger partial charge in [-0.2, -0.15) is 0 Å². The second kappa shape index (κ2) is 17.8. The molecule has 7 aromatic rings. The van der Waals surface area contributed by atoms with Crippen LogP contribution in [0.2, 0.25) is 0 Å². The number of amides is 2. The number of imidazole rings is 1. The van der Waals surface area contributed by atoms with Crippen molar-refractivity contribution in [2.45, 2.75) is 43.9 Å². The van der Waals surface area contributed by atoms with Crippen molar-refractivity contribution in [2.75, 3.05) is 25.4 Å². The second-order valence-electron chi connectivity index (χ2n) is 16.9. The summed E-state index contributed by atoms with van der Waals surface area (Å²) in [6, 6.07) is 28.1. The third kappa shape index (κ3) is 8.30. The Hall–Kier alpha value is -7.34. The van der Waals surface area contributed by atoms with E-state index < -0.39 is 22.6 Å². The van der Waals surface area contributed by atoms with Gasteiger partial charge in [-0.3, -0.25) is 9.59 Å². The number of carbonyl (C=O) groups is 3. The molecule has 5 heterocycles. The number of hydrogen-bond acceptors (Lipinski definition) is 10. The predicted molar refractivity (Wildman–Crippen MR) is 255 cm³/mol. The number of nitrogens with zero attached hydrogens (tertiary/aromatic N) is 3. The summed E-state index contributed by atoms with van der Waals surface area (Å²) in [5, 5.41) is 27.4. The van der Waals surface area contributed by atoms with E-state index in [9.17, 15) is 28.8 Å². The molecule has 67 heavy (non-hydrogen) atoms. The molecule has 2 aromatic heterocycles. The normalized spacial score (nSPS) is 15.6. The maximum atomic E-state index is 13.6. The van der Waals surface area contributed by atoms with Gasteiger partial charge in [-0.25, -0.2) is 18.3 Å². The number of hydrogen-bond donors (Lipinski definition) is 6. The molecule has 0 bridgehead atoms. The summed E-state index contributed by atoms with van der Waals surface area (Å²) in [5.41, 5.74) is 12.1. The molecule has 0 radical (unpaired) electrons. The number of phenols is 2. The minimum Gasteiger partial charge on any atom is -0.508 e. The van der Waals surface area contributed by atoms with Crippen molar-refractivity contribution >= 4 is 56.9 Å². The van der Waals surface area contributed by atoms with Crippen LogP contribution >= 0.6 is 12.2 Å². The molecule has 1 unspecified atom stereocenters. The molecule has 7 N–H and O–H groups in total. The molecule has 10 rings (SSSR count). The molecule has 17 heteroatoms. The number of H-pyrrole nitrogens is 1. The van der Waals surface area contributed by atoms with E-state index in [1.54, 1.807) is 36.8 Å². The molecule has 3 aliphatic rings. The monoisotopic (exact) mass is 935 g/mol. The lowest BCUT2D eigenvalue weighted by Crippen LogP contribution is -2.37. The van der Waals surface area contributed by atoms with E-state index in [-0.39, 0.29) is 64.9 Å². The number of fused-ring (bicyclic) bond motifs is 7. The van der Waals surface area contributed by atoms with E-state index in [2.05, 4.69) is 43.5 Å². The highest BCUT2D eigenvalue weighted by molar-refractivity contribution is 7.82. The molecular formula is C50H45N7O8S2. The van der Waals surface area contributed by atoms with Gasteiger partial charge in [0.2, 0.25) is 5.91 Å². The average molecular weight is 936 g/mol. The Kier molecular flexibility index (Phi) is 11.6. The first kappa shape index (κ1) is 43.5. The van der Waals surface area contributed by atoms with Crippen LogP contribution < -0.4 is 21.1 Å². The van der Waals surface area contributed by atoms with Crippen molar-refractivity contribution in [3.63, 3.8) is 0 Å². The largest absolute Gasteiger partial charge is 0.508 e. The summed E-state index contributed by atoms with van der Waals surface area (Å²) in [7, 11) is -1.27. The number of phenolic OH excluding ortho intramolecular Hbond substituents is 2. The zero-order valence-electron chi connectivity index (χ0n) is 36.0. The fourth-order valence-corrected chi connectivity index (χ4v) is 10.8. The van der Waals surface area contributed by atoms with E-state index in [1.165, 1.54) is 30.3 Å². The maximum Gasteiger partial charge on any atom is 0.340 e. The Balaban J connectivity index is 0.780. The molecular weight excluding hydrogens is 891 g/mol. The van der Waals surface area contributed by atoms with E-state index in [0.29, 0.717) is 53.5 Å². The van der Waals surface area contributed by atoms with Crippen LogP contribution in [-0.4, -0.2) is 81.4 Å². The predicted octanol–water partition coefficient (Wildman–Crippen LogP) is 6.62. The Morgan fingerprint density at radius 1 is 0.896 bits per heavy atom. The number of ether oxygens (including phenoxy) is 2. The standard InChI is InChI=1S/C50H45N7O8S2/c51-47(66)31-4-1-3-30(20-31)39-27-57(43-19-29(5-9-37(39)43)25-54-46(60)22-33-26-52-28-55-33)34-13-16-56(17-14-34)67(63)18-2-15-53-48(61)32-6-10-40-38(21-32)49(62)65-50(40)41-11-7-35(58)23-44(41)64-45-24-36(59)8-12-42(45)50/h1,3-12,19-21,23-24,26-28,34,58-59H,2,13-18,22,25H2,(H2,51,66)(H,52,55)(H,53,61)(H,54,60). The SMILES string of the molecule is NC(=S)c1cccc(-c2cn(C3CCN(S(=O)CCCNC(=O)c4ccc5c(c4)C(=O)OC54c5ccc(O)cc5Oc5cc(O)ccc54)CC3)c3cc(CNC(=O)Cc4cnc[nH]4)ccc23)c1. The number of carbonyl (C=O) groups excluding carboxylic acids is 3. The Labute approximate surface area is 392 Å². The zero-order valence-corrected chi connectivity index (χ0v) is 37.6. The van der Waals surface area contributed by atoms with Gasteiger partial charge in [0.1, 0.15) is 28.0 Å². The van der Waals surface area contributed by atoms with E-state index in [0.717, 1.165) is 51.7 Å². The summed E-state index contributed by atoms with van der Waals surface area (Å²) < 4.78 is 30.1. The quantitative estimate of drug-likeness (QED) is 0.0411. The van der Waals surface area contributed by atoms with Crippen LogP contribution in [-0.2, 0) is 39.1 Å². The summed E-state index contributed by atoms with van der Waals surface area (Å²) in [6.45, 7) is 1.88. The third-order valence-corrected chi connectivity index (χ3v) is 14.5. The van der Waals surface area contributed by atoms with Gasteiger partial charge in [0.05, 0.1) is 29.3 Å². The summed E-state index contributed by atoms with van der Waals surface area (Å²) >= 11 is 5.29. The van der Waals surface area contributed by atoms with Crippen LogP contribution in [0.1, 0.15) is 79.5 Å². The van der Waals surface area contributed by atoms with Crippen molar-refractivity contribution in [3.05, 3.63) is 160 Å². The molecule has 3 aliphatic heterocycles. The van der Waals surface area contributed by atoms with Gasteiger partial charge < -0.3 is 45.6 Å². The zero-order chi connectivity index (χ0) is 46.4. The molecule has 0 saturated carbocycles. The first-order chi connectivity index (χ1) is 32.4. The number of piperidine rings is 1. The molecule has 1 saturated heterocycles. The lowest BCUT2D eigenvalue weighted by atomic mass is 9.77. The minimum atomic E-state index is -1.43. The molecule has 1 fully saturated rings. The summed E-state index contributed by atoms with van der Waals surface area (Å²) in [5.74, 6) is -0.338. The van der Waals surface area contributed by atoms with E-state index in [1.807, 2.05) is 34.6 Å². The van der Waals surface area contributed by atoms with Crippen LogP contribution in [0, 0.1) is 0 Å². The smallest absolute Gasteiger partial charge is 0.340 e. The molecule has 0 aliphatic carbocycles. The highest BCUT2D eigenvalue weighted by Gasteiger charge is 2.54. The molecule has 1 spiro atoms. The van der Waals surface area contributed by atoms with Gasteiger partial charge in [0.25, 0.3) is 5.91 Å². The van der Waals surface area contributed by atoms with Crippen LogP contribution in [0.25, 0.3) is 22.0 Å². The average Bonchev–Trinajstić information content (AvgIpc) is 4.06. The van der Waals surface area contributed by atoms with Gasteiger partial charge in [0.15, 0.2) is 5.60 Å². The topological polar surface area (TPSA) is 214 Å². The van der Waals surface area contributed by atoms with Crippen LogP contribution in [0.4, 0.5) is 0 Å².